The third-order valence-corrected chi connectivity index (χ3v) is 2.60. The summed E-state index contributed by atoms with van der Waals surface area (Å²) in [7, 11) is 0. The number of benzene rings is 1. The number of hydrogen-bond acceptors (Lipinski definition) is 4. The van der Waals surface area contributed by atoms with Crippen molar-refractivity contribution < 1.29 is 32.3 Å². The molecule has 8 heteroatoms. The van der Waals surface area contributed by atoms with Gasteiger partial charge in [-0.1, -0.05) is 5.16 Å². The summed E-state index contributed by atoms with van der Waals surface area (Å²) in [5.41, 5.74) is 1.06. The lowest BCUT2D eigenvalue weighted by molar-refractivity contribution is -0.274. The fraction of sp³-hybridized carbons (Fsp3) is 0.231. The van der Waals surface area contributed by atoms with Gasteiger partial charge in [0.2, 0.25) is 0 Å². The van der Waals surface area contributed by atoms with Gasteiger partial charge >= 0.3 is 12.3 Å². The van der Waals surface area contributed by atoms with E-state index in [1.54, 1.807) is 0 Å². The molecule has 1 heterocycles. The summed E-state index contributed by atoms with van der Waals surface area (Å²) in [5, 5.41) is 12.2. The first-order chi connectivity index (χ1) is 9.85. The first-order valence-corrected chi connectivity index (χ1v) is 5.86. The van der Waals surface area contributed by atoms with Crippen molar-refractivity contribution in [3.05, 3.63) is 36.0 Å². The zero-order chi connectivity index (χ0) is 15.5. The van der Waals surface area contributed by atoms with E-state index < -0.39 is 12.3 Å². The number of carboxylic acid groups (broad SMARTS) is 1. The quantitative estimate of drug-likeness (QED) is 0.917. The Morgan fingerprint density at radius 2 is 1.95 bits per heavy atom. The van der Waals surface area contributed by atoms with Gasteiger partial charge in [-0.05, 0) is 30.7 Å². The summed E-state index contributed by atoms with van der Waals surface area (Å²) in [6.45, 7) is 0. The topological polar surface area (TPSA) is 72.6 Å². The predicted molar refractivity (Wildman–Crippen MR) is 64.6 cm³/mol. The molecule has 0 aliphatic heterocycles. The Balaban J connectivity index is 2.16. The van der Waals surface area contributed by atoms with Gasteiger partial charge in [-0.15, -0.1) is 13.2 Å². The summed E-state index contributed by atoms with van der Waals surface area (Å²) >= 11 is 0. The number of aromatic nitrogens is 1. The Hall–Kier alpha value is -2.51. The van der Waals surface area contributed by atoms with Crippen molar-refractivity contribution in [1.29, 1.82) is 0 Å². The van der Waals surface area contributed by atoms with E-state index in [0.717, 1.165) is 12.1 Å². The van der Waals surface area contributed by atoms with Crippen LogP contribution < -0.4 is 4.74 Å². The Bertz CT molecular complexity index is 619. The van der Waals surface area contributed by atoms with Crippen LogP contribution in [0.4, 0.5) is 13.2 Å². The van der Waals surface area contributed by atoms with Crippen LogP contribution in [0.3, 0.4) is 0 Å². The molecule has 1 aromatic carbocycles. The minimum atomic E-state index is -4.75. The Morgan fingerprint density at radius 3 is 2.52 bits per heavy atom. The Kier molecular flexibility index (Phi) is 4.15. The average Bonchev–Trinajstić information content (AvgIpc) is 2.83. The SMILES string of the molecule is O=C(O)CCc1cnoc1-c1ccc(OC(F)(F)F)cc1. The summed E-state index contributed by atoms with van der Waals surface area (Å²) in [5.74, 6) is -0.983. The number of hydrogen-bond donors (Lipinski definition) is 1. The average molecular weight is 301 g/mol. The summed E-state index contributed by atoms with van der Waals surface area (Å²) in [6, 6.07) is 5.05. The molecule has 0 saturated carbocycles. The van der Waals surface area contributed by atoms with Gasteiger partial charge in [0.1, 0.15) is 5.75 Å². The maximum atomic E-state index is 12.0. The molecule has 2 rings (SSSR count). The van der Waals surface area contributed by atoms with E-state index in [2.05, 4.69) is 9.89 Å². The highest BCUT2D eigenvalue weighted by molar-refractivity contribution is 5.68. The molecule has 0 amide bonds. The zero-order valence-electron chi connectivity index (χ0n) is 10.6. The highest BCUT2D eigenvalue weighted by Crippen LogP contribution is 2.28. The van der Waals surface area contributed by atoms with Crippen LogP contribution in [0.5, 0.6) is 5.75 Å². The first-order valence-electron chi connectivity index (χ1n) is 5.86. The van der Waals surface area contributed by atoms with Crippen LogP contribution in [-0.4, -0.2) is 22.6 Å². The molecular formula is C13H10F3NO4. The molecule has 0 unspecified atom stereocenters. The van der Waals surface area contributed by atoms with E-state index in [1.165, 1.54) is 18.3 Å². The van der Waals surface area contributed by atoms with Gasteiger partial charge in [0.15, 0.2) is 5.76 Å². The van der Waals surface area contributed by atoms with E-state index >= 15 is 0 Å². The van der Waals surface area contributed by atoms with Gasteiger partial charge in [0, 0.05) is 17.5 Å². The maximum absolute atomic E-state index is 12.0. The van der Waals surface area contributed by atoms with Crippen LogP contribution in [0.2, 0.25) is 0 Å². The van der Waals surface area contributed by atoms with Crippen LogP contribution in [0.25, 0.3) is 11.3 Å². The second-order valence-electron chi connectivity index (χ2n) is 4.15. The zero-order valence-corrected chi connectivity index (χ0v) is 10.6. The highest BCUT2D eigenvalue weighted by atomic mass is 19.4. The van der Waals surface area contributed by atoms with E-state index in [4.69, 9.17) is 9.63 Å². The van der Waals surface area contributed by atoms with Crippen LogP contribution in [-0.2, 0) is 11.2 Å². The molecule has 0 aliphatic rings. The Labute approximate surface area is 116 Å². The van der Waals surface area contributed by atoms with Gasteiger partial charge in [0.25, 0.3) is 0 Å². The van der Waals surface area contributed by atoms with Crippen LogP contribution in [0.1, 0.15) is 12.0 Å². The standard InChI is InChI=1S/C13H10F3NO4/c14-13(15,16)20-10-4-1-8(2-5-10)12-9(7-17-21-12)3-6-11(18)19/h1-2,4-5,7H,3,6H2,(H,18,19). The van der Waals surface area contributed by atoms with Gasteiger partial charge < -0.3 is 14.4 Å². The van der Waals surface area contributed by atoms with Crippen LogP contribution in [0, 0.1) is 0 Å². The smallest absolute Gasteiger partial charge is 0.481 e. The molecule has 0 aliphatic carbocycles. The fourth-order valence-electron chi connectivity index (χ4n) is 1.73. The number of alkyl halides is 3. The lowest BCUT2D eigenvalue weighted by Crippen LogP contribution is -2.16. The maximum Gasteiger partial charge on any atom is 0.573 e. The van der Waals surface area contributed by atoms with Gasteiger partial charge in [-0.3, -0.25) is 4.79 Å². The third kappa shape index (κ3) is 4.23. The second-order valence-corrected chi connectivity index (χ2v) is 4.15. The number of carboxylic acids is 1. The molecule has 1 aromatic heterocycles. The number of aliphatic carboxylic acids is 1. The highest BCUT2D eigenvalue weighted by Gasteiger charge is 2.31. The van der Waals surface area contributed by atoms with Crippen molar-refractivity contribution in [3.63, 3.8) is 0 Å². The van der Waals surface area contributed by atoms with Gasteiger partial charge in [0.05, 0.1) is 6.20 Å². The van der Waals surface area contributed by atoms with Gasteiger partial charge in [-0.25, -0.2) is 0 Å². The largest absolute Gasteiger partial charge is 0.573 e. The minimum Gasteiger partial charge on any atom is -0.481 e. The molecule has 112 valence electrons. The molecule has 0 radical (unpaired) electrons. The van der Waals surface area contributed by atoms with E-state index in [0.29, 0.717) is 16.9 Å². The normalized spacial score (nSPS) is 11.4. The van der Waals surface area contributed by atoms with E-state index in [-0.39, 0.29) is 18.6 Å². The monoisotopic (exact) mass is 301 g/mol. The van der Waals surface area contributed by atoms with Crippen molar-refractivity contribution in [2.45, 2.75) is 19.2 Å². The van der Waals surface area contributed by atoms with Crippen molar-refractivity contribution in [2.24, 2.45) is 0 Å². The predicted octanol–water partition coefficient (Wildman–Crippen LogP) is 3.26. The molecule has 5 nitrogen and oxygen atoms in total. The Morgan fingerprint density at radius 1 is 1.29 bits per heavy atom. The molecular weight excluding hydrogens is 291 g/mol. The minimum absolute atomic E-state index is 0.0938. The molecule has 1 N–H and O–H groups in total. The summed E-state index contributed by atoms with van der Waals surface area (Å²) in [6.07, 6.45) is -3.24. The molecule has 21 heavy (non-hydrogen) atoms. The number of carbonyl (C=O) groups is 1. The number of ether oxygens (including phenoxy) is 1. The van der Waals surface area contributed by atoms with E-state index in [9.17, 15) is 18.0 Å². The molecule has 0 bridgehead atoms. The second kappa shape index (κ2) is 5.86. The lowest BCUT2D eigenvalue weighted by Gasteiger charge is -2.08. The molecule has 2 aromatic rings. The number of halogens is 3. The summed E-state index contributed by atoms with van der Waals surface area (Å²) < 4.78 is 44.9. The molecule has 0 atom stereocenters. The van der Waals surface area contributed by atoms with Gasteiger partial charge in [-0.2, -0.15) is 0 Å². The number of nitrogens with zero attached hydrogens (tertiary/aromatic N) is 1. The van der Waals surface area contributed by atoms with Crippen LogP contribution in [0.15, 0.2) is 35.0 Å². The van der Waals surface area contributed by atoms with E-state index in [1.807, 2.05) is 0 Å². The van der Waals surface area contributed by atoms with Crippen molar-refractivity contribution in [3.8, 4) is 17.1 Å². The number of aryl methyl sites for hydroxylation is 1. The molecule has 0 fully saturated rings. The van der Waals surface area contributed by atoms with Crippen molar-refractivity contribution in [1.82, 2.24) is 5.16 Å². The van der Waals surface area contributed by atoms with Crippen molar-refractivity contribution in [2.75, 3.05) is 0 Å². The molecule has 0 saturated heterocycles. The first kappa shape index (κ1) is 14.9. The lowest BCUT2D eigenvalue weighted by atomic mass is 10.1. The summed E-state index contributed by atoms with van der Waals surface area (Å²) in [4.78, 5) is 10.5. The molecule has 0 spiro atoms. The van der Waals surface area contributed by atoms with Crippen LogP contribution >= 0.6 is 0 Å². The van der Waals surface area contributed by atoms with Crippen molar-refractivity contribution >= 4 is 5.97 Å². The fourth-order valence-corrected chi connectivity index (χ4v) is 1.73. The third-order valence-electron chi connectivity index (χ3n) is 2.60. The number of rotatable bonds is 5.